The van der Waals surface area contributed by atoms with E-state index in [1.807, 2.05) is 0 Å². The molecule has 2 bridgehead atoms. The van der Waals surface area contributed by atoms with Crippen molar-refractivity contribution in [2.45, 2.75) is 58.3 Å². The standard InChI is InChI=1S/C14H25NOSi/c1-10(2)14(3,4)17(5,6)15-12-8-7-11(9-12)13(15)16/h7-8,10-12H,9H2,1-6H3/t11-,12+/m1/s1. The van der Waals surface area contributed by atoms with Crippen LogP contribution in [-0.2, 0) is 4.79 Å². The van der Waals surface area contributed by atoms with Crippen LogP contribution < -0.4 is 0 Å². The lowest BCUT2D eigenvalue weighted by atomic mass is 9.99. The molecule has 0 N–H and O–H groups in total. The molecule has 1 amide bonds. The van der Waals surface area contributed by atoms with Gasteiger partial charge in [0.25, 0.3) is 0 Å². The third-order valence-electron chi connectivity index (χ3n) is 5.57. The second-order valence-electron chi connectivity index (χ2n) is 6.94. The highest BCUT2D eigenvalue weighted by atomic mass is 28.3. The van der Waals surface area contributed by atoms with E-state index in [4.69, 9.17) is 0 Å². The minimum atomic E-state index is -1.75. The number of carbonyl (C=O) groups is 1. The van der Waals surface area contributed by atoms with Crippen LogP contribution in [0, 0.1) is 11.8 Å². The normalized spacial score (nSPS) is 28.6. The molecule has 0 spiro atoms. The summed E-state index contributed by atoms with van der Waals surface area (Å²) in [6.45, 7) is 14.0. The molecular weight excluding hydrogens is 226 g/mol. The van der Waals surface area contributed by atoms with Crippen LogP contribution in [-0.4, -0.2) is 24.7 Å². The fraction of sp³-hybridized carbons (Fsp3) is 0.786. The first-order chi connectivity index (χ1) is 7.69. The Bertz CT molecular complexity index is 370. The zero-order chi connectivity index (χ0) is 13.0. The summed E-state index contributed by atoms with van der Waals surface area (Å²) < 4.78 is 2.28. The number of hydrogen-bond donors (Lipinski definition) is 0. The van der Waals surface area contributed by atoms with Gasteiger partial charge in [0.05, 0.1) is 5.92 Å². The summed E-state index contributed by atoms with van der Waals surface area (Å²) in [6, 6.07) is 0.396. The largest absolute Gasteiger partial charge is 0.363 e. The van der Waals surface area contributed by atoms with Crippen LogP contribution in [0.3, 0.4) is 0 Å². The molecule has 0 saturated carbocycles. The molecule has 96 valence electrons. The van der Waals surface area contributed by atoms with Gasteiger partial charge in [0, 0.05) is 6.04 Å². The van der Waals surface area contributed by atoms with Crippen LogP contribution in [0.15, 0.2) is 12.2 Å². The first kappa shape index (κ1) is 12.9. The molecule has 1 saturated heterocycles. The Morgan fingerprint density at radius 2 is 1.94 bits per heavy atom. The van der Waals surface area contributed by atoms with Crippen LogP contribution in [0.1, 0.15) is 34.1 Å². The third-order valence-corrected chi connectivity index (χ3v) is 11.1. The van der Waals surface area contributed by atoms with Crippen molar-refractivity contribution < 1.29 is 4.79 Å². The fourth-order valence-electron chi connectivity index (χ4n) is 3.10. The molecule has 0 aromatic rings. The lowest BCUT2D eigenvalue weighted by Gasteiger charge is -2.50. The number of hydrogen-bond acceptors (Lipinski definition) is 1. The van der Waals surface area contributed by atoms with E-state index in [1.54, 1.807) is 0 Å². The second kappa shape index (κ2) is 3.71. The maximum absolute atomic E-state index is 12.4. The molecular formula is C14H25NOSi. The van der Waals surface area contributed by atoms with E-state index < -0.39 is 8.24 Å². The van der Waals surface area contributed by atoms with Gasteiger partial charge in [-0.05, 0) is 17.4 Å². The number of amides is 1. The molecule has 2 nitrogen and oxygen atoms in total. The summed E-state index contributed by atoms with van der Waals surface area (Å²) in [6.07, 6.45) is 5.39. The Balaban J connectivity index is 2.34. The van der Waals surface area contributed by atoms with E-state index >= 15 is 0 Å². The number of rotatable bonds is 3. The van der Waals surface area contributed by atoms with Crippen LogP contribution in [0.4, 0.5) is 0 Å². The zero-order valence-electron chi connectivity index (χ0n) is 11.9. The van der Waals surface area contributed by atoms with Gasteiger partial charge >= 0.3 is 0 Å². The van der Waals surface area contributed by atoms with E-state index in [2.05, 4.69) is 57.5 Å². The van der Waals surface area contributed by atoms with E-state index in [9.17, 15) is 4.79 Å². The summed E-state index contributed by atoms with van der Waals surface area (Å²) in [4.78, 5) is 12.4. The molecule has 3 heteroatoms. The predicted molar refractivity (Wildman–Crippen MR) is 74.2 cm³/mol. The molecule has 0 radical (unpaired) electrons. The van der Waals surface area contributed by atoms with Crippen molar-refractivity contribution in [3.8, 4) is 0 Å². The summed E-state index contributed by atoms with van der Waals surface area (Å²) in [7, 11) is -1.75. The van der Waals surface area contributed by atoms with E-state index in [0.717, 1.165) is 6.42 Å². The first-order valence-electron chi connectivity index (χ1n) is 6.71. The zero-order valence-corrected chi connectivity index (χ0v) is 12.9. The maximum atomic E-state index is 12.4. The highest BCUT2D eigenvalue weighted by molar-refractivity contribution is 6.79. The van der Waals surface area contributed by atoms with Gasteiger partial charge in [0.1, 0.15) is 0 Å². The molecule has 1 aliphatic carbocycles. The highest BCUT2D eigenvalue weighted by Gasteiger charge is 2.54. The quantitative estimate of drug-likeness (QED) is 0.556. The molecule has 2 rings (SSSR count). The topological polar surface area (TPSA) is 20.3 Å². The van der Waals surface area contributed by atoms with Gasteiger partial charge in [-0.2, -0.15) is 0 Å². The molecule has 1 heterocycles. The van der Waals surface area contributed by atoms with Gasteiger partial charge < -0.3 is 4.57 Å². The van der Waals surface area contributed by atoms with Gasteiger partial charge in [-0.1, -0.05) is 52.9 Å². The van der Waals surface area contributed by atoms with Gasteiger partial charge in [-0.3, -0.25) is 4.79 Å². The van der Waals surface area contributed by atoms with E-state index in [-0.39, 0.29) is 11.0 Å². The smallest absolute Gasteiger partial charge is 0.222 e. The minimum Gasteiger partial charge on any atom is -0.363 e. The Morgan fingerprint density at radius 3 is 2.35 bits per heavy atom. The molecule has 0 aromatic heterocycles. The maximum Gasteiger partial charge on any atom is 0.222 e. The van der Waals surface area contributed by atoms with Crippen molar-refractivity contribution in [1.29, 1.82) is 0 Å². The van der Waals surface area contributed by atoms with Crippen molar-refractivity contribution in [1.82, 2.24) is 4.57 Å². The van der Waals surface area contributed by atoms with Gasteiger partial charge in [-0.15, -0.1) is 0 Å². The minimum absolute atomic E-state index is 0.190. The molecule has 17 heavy (non-hydrogen) atoms. The Kier molecular flexibility index (Phi) is 2.81. The fourth-order valence-corrected chi connectivity index (χ4v) is 6.87. The summed E-state index contributed by atoms with van der Waals surface area (Å²) >= 11 is 0. The van der Waals surface area contributed by atoms with Crippen molar-refractivity contribution >= 4 is 14.1 Å². The number of carbonyl (C=O) groups excluding carboxylic acids is 1. The Hall–Kier alpha value is -0.573. The Morgan fingerprint density at radius 1 is 1.35 bits per heavy atom. The average molecular weight is 251 g/mol. The lowest BCUT2D eigenvalue weighted by Crippen LogP contribution is -2.61. The molecule has 2 atom stereocenters. The van der Waals surface area contributed by atoms with Crippen molar-refractivity contribution in [2.24, 2.45) is 11.8 Å². The summed E-state index contributed by atoms with van der Waals surface area (Å²) in [5.41, 5.74) is 0. The van der Waals surface area contributed by atoms with Crippen molar-refractivity contribution in [2.75, 3.05) is 0 Å². The van der Waals surface area contributed by atoms with E-state index in [0.29, 0.717) is 17.9 Å². The monoisotopic (exact) mass is 251 g/mol. The van der Waals surface area contributed by atoms with E-state index in [1.165, 1.54) is 0 Å². The molecule has 1 fully saturated rings. The summed E-state index contributed by atoms with van der Waals surface area (Å²) in [5, 5.41) is 0.251. The molecule has 2 aliphatic rings. The van der Waals surface area contributed by atoms with Gasteiger partial charge in [0.15, 0.2) is 8.24 Å². The molecule has 0 aromatic carbocycles. The third kappa shape index (κ3) is 1.62. The van der Waals surface area contributed by atoms with Crippen LogP contribution in [0.5, 0.6) is 0 Å². The van der Waals surface area contributed by atoms with Gasteiger partial charge in [0.2, 0.25) is 5.91 Å². The van der Waals surface area contributed by atoms with Gasteiger partial charge in [-0.25, -0.2) is 0 Å². The molecule has 1 aliphatic heterocycles. The van der Waals surface area contributed by atoms with Crippen molar-refractivity contribution in [3.05, 3.63) is 12.2 Å². The van der Waals surface area contributed by atoms with Crippen LogP contribution in [0.2, 0.25) is 18.1 Å². The highest BCUT2D eigenvalue weighted by Crippen LogP contribution is 2.49. The SMILES string of the molecule is CC(C)C(C)(C)[Si](C)(C)N1C(=O)[C@@H]2C=C[C@H]1C2. The predicted octanol–water partition coefficient (Wildman–Crippen LogP) is 3.41. The first-order valence-corrected chi connectivity index (χ1v) is 9.66. The average Bonchev–Trinajstić information content (AvgIpc) is 2.76. The van der Waals surface area contributed by atoms with Crippen molar-refractivity contribution in [3.63, 3.8) is 0 Å². The second-order valence-corrected chi connectivity index (χ2v) is 11.8. The molecule has 0 unspecified atom stereocenters. The number of fused-ring (bicyclic) bond motifs is 2. The summed E-state index contributed by atoms with van der Waals surface area (Å²) in [5.74, 6) is 1.19. The van der Waals surface area contributed by atoms with Crippen LogP contribution >= 0.6 is 0 Å². The Labute approximate surface area is 106 Å². The van der Waals surface area contributed by atoms with Crippen LogP contribution in [0.25, 0.3) is 0 Å². The number of nitrogens with zero attached hydrogens (tertiary/aromatic N) is 1. The lowest BCUT2D eigenvalue weighted by molar-refractivity contribution is -0.127.